The van der Waals surface area contributed by atoms with Gasteiger partial charge < -0.3 is 4.42 Å². The van der Waals surface area contributed by atoms with Crippen LogP contribution in [0.3, 0.4) is 0 Å². The molecule has 0 atom stereocenters. The Morgan fingerprint density at radius 2 is 2.00 bits per heavy atom. The van der Waals surface area contributed by atoms with Crippen molar-refractivity contribution >= 4 is 23.1 Å². The zero-order valence-corrected chi connectivity index (χ0v) is 10.4. The number of furan rings is 1. The first kappa shape index (κ1) is 12.1. The minimum absolute atomic E-state index is 0.312. The molecule has 0 fully saturated rings. The van der Waals surface area contributed by atoms with Crippen LogP contribution in [0.4, 0.5) is 4.39 Å². The summed E-state index contributed by atoms with van der Waals surface area (Å²) in [5, 5.41) is 9.45. The van der Waals surface area contributed by atoms with Gasteiger partial charge >= 0.3 is 0 Å². The Kier molecular flexibility index (Phi) is 3.02. The summed E-state index contributed by atoms with van der Waals surface area (Å²) in [5.74, 6) is -0.312. The molecule has 3 aromatic rings. The van der Waals surface area contributed by atoms with Gasteiger partial charge in [-0.1, -0.05) is 12.2 Å². The van der Waals surface area contributed by atoms with Crippen molar-refractivity contribution in [3.8, 4) is 6.07 Å². The Bertz CT molecular complexity index is 843. The van der Waals surface area contributed by atoms with Gasteiger partial charge in [-0.15, -0.1) is 0 Å². The van der Waals surface area contributed by atoms with E-state index in [9.17, 15) is 4.39 Å². The highest BCUT2D eigenvalue weighted by Crippen LogP contribution is 2.24. The molecule has 0 amide bonds. The average Bonchev–Trinajstić information content (AvgIpc) is 2.97. The van der Waals surface area contributed by atoms with Crippen molar-refractivity contribution in [3.63, 3.8) is 0 Å². The summed E-state index contributed by atoms with van der Waals surface area (Å²) in [6.07, 6.45) is 8.16. The molecule has 0 saturated heterocycles. The topological polar surface area (TPSA) is 49.8 Å². The van der Waals surface area contributed by atoms with Crippen molar-refractivity contribution in [3.05, 3.63) is 65.4 Å². The molecule has 2 aromatic heterocycles. The maximum atomic E-state index is 13.5. The highest BCUT2D eigenvalue weighted by Gasteiger charge is 2.07. The second-order valence-electron chi connectivity index (χ2n) is 4.21. The number of hydrogen-bond acceptors (Lipinski definition) is 3. The van der Waals surface area contributed by atoms with Gasteiger partial charge in [-0.2, -0.15) is 5.26 Å². The van der Waals surface area contributed by atoms with Crippen LogP contribution in [0.2, 0.25) is 0 Å². The lowest BCUT2D eigenvalue weighted by molar-refractivity contribution is 0.609. The van der Waals surface area contributed by atoms with E-state index >= 15 is 0 Å². The molecule has 2 heterocycles. The van der Waals surface area contributed by atoms with Gasteiger partial charge in [0.15, 0.2) is 0 Å². The van der Waals surface area contributed by atoms with Crippen molar-refractivity contribution in [2.24, 2.45) is 0 Å². The van der Waals surface area contributed by atoms with Gasteiger partial charge in [0, 0.05) is 18.0 Å². The highest BCUT2D eigenvalue weighted by molar-refractivity contribution is 5.89. The molecule has 0 aliphatic carbocycles. The molecule has 3 rings (SSSR count). The maximum Gasteiger partial charge on any atom is 0.144 e. The molecule has 20 heavy (non-hydrogen) atoms. The first-order valence-electron chi connectivity index (χ1n) is 5.97. The van der Waals surface area contributed by atoms with E-state index in [4.69, 9.17) is 9.68 Å². The Morgan fingerprint density at radius 3 is 2.85 bits per heavy atom. The van der Waals surface area contributed by atoms with Gasteiger partial charge in [0.1, 0.15) is 17.5 Å². The van der Waals surface area contributed by atoms with Crippen LogP contribution in [0.15, 0.2) is 47.3 Å². The lowest BCUT2D eigenvalue weighted by Crippen LogP contribution is -1.83. The van der Waals surface area contributed by atoms with Crippen molar-refractivity contribution in [2.75, 3.05) is 0 Å². The van der Waals surface area contributed by atoms with E-state index in [-0.39, 0.29) is 5.82 Å². The third-order valence-electron chi connectivity index (χ3n) is 3.01. The summed E-state index contributed by atoms with van der Waals surface area (Å²) in [6.45, 7) is 0. The lowest BCUT2D eigenvalue weighted by Gasteiger charge is -1.98. The van der Waals surface area contributed by atoms with E-state index in [0.29, 0.717) is 16.5 Å². The molecule has 0 saturated carbocycles. The van der Waals surface area contributed by atoms with E-state index in [1.165, 1.54) is 18.5 Å². The molecule has 0 aliphatic heterocycles. The number of aromatic nitrogens is 1. The van der Waals surface area contributed by atoms with E-state index < -0.39 is 0 Å². The molecule has 4 heteroatoms. The Hall–Kier alpha value is -2.93. The summed E-state index contributed by atoms with van der Waals surface area (Å²) in [4.78, 5) is 3.90. The third kappa shape index (κ3) is 2.06. The minimum Gasteiger partial charge on any atom is -0.464 e. The largest absolute Gasteiger partial charge is 0.464 e. The fourth-order valence-corrected chi connectivity index (χ4v) is 2.00. The summed E-state index contributed by atoms with van der Waals surface area (Å²) in [7, 11) is 0. The molecule has 0 N–H and O–H groups in total. The molecule has 0 bridgehead atoms. The third-order valence-corrected chi connectivity index (χ3v) is 3.01. The zero-order chi connectivity index (χ0) is 13.9. The van der Waals surface area contributed by atoms with Crippen molar-refractivity contribution in [1.82, 2.24) is 4.98 Å². The average molecular weight is 264 g/mol. The summed E-state index contributed by atoms with van der Waals surface area (Å²) < 4.78 is 18.9. The fourth-order valence-electron chi connectivity index (χ4n) is 2.00. The van der Waals surface area contributed by atoms with Crippen LogP contribution in [-0.4, -0.2) is 4.98 Å². The van der Waals surface area contributed by atoms with Crippen molar-refractivity contribution < 1.29 is 8.81 Å². The predicted molar refractivity (Wildman–Crippen MR) is 74.1 cm³/mol. The number of rotatable bonds is 2. The molecular weight excluding hydrogens is 255 g/mol. The smallest absolute Gasteiger partial charge is 0.144 e. The van der Waals surface area contributed by atoms with E-state index in [2.05, 4.69) is 11.1 Å². The lowest BCUT2D eigenvalue weighted by atomic mass is 10.1. The first-order valence-corrected chi connectivity index (χ1v) is 5.97. The van der Waals surface area contributed by atoms with Crippen LogP contribution < -0.4 is 0 Å². The quantitative estimate of drug-likeness (QED) is 0.702. The molecule has 1 aromatic carbocycles. The zero-order valence-electron chi connectivity index (χ0n) is 10.4. The molecular formula is C16H9FN2O. The number of nitrogens with zero attached hydrogens (tertiary/aromatic N) is 2. The molecule has 0 unspecified atom stereocenters. The minimum atomic E-state index is -0.312. The number of halogens is 1. The van der Waals surface area contributed by atoms with Crippen molar-refractivity contribution in [2.45, 2.75) is 0 Å². The van der Waals surface area contributed by atoms with E-state index in [1.807, 2.05) is 0 Å². The summed E-state index contributed by atoms with van der Waals surface area (Å²) >= 11 is 0. The number of hydrogen-bond donors (Lipinski definition) is 0. The van der Waals surface area contributed by atoms with Crippen LogP contribution in [0.25, 0.3) is 23.1 Å². The summed E-state index contributed by atoms with van der Waals surface area (Å²) in [6, 6.07) is 8.46. The molecule has 0 aliphatic rings. The first-order chi connectivity index (χ1) is 9.79. The van der Waals surface area contributed by atoms with Gasteiger partial charge in [-0.25, -0.2) is 4.39 Å². The SMILES string of the molecule is N#Cc1cnccc1/C=C/c1ccc(F)c2ccoc12. The van der Waals surface area contributed by atoms with Crippen LogP contribution in [0, 0.1) is 17.1 Å². The van der Waals surface area contributed by atoms with Gasteiger partial charge in [0.2, 0.25) is 0 Å². The second-order valence-corrected chi connectivity index (χ2v) is 4.21. The van der Waals surface area contributed by atoms with Gasteiger partial charge in [0.25, 0.3) is 0 Å². The highest BCUT2D eigenvalue weighted by atomic mass is 19.1. The summed E-state index contributed by atoms with van der Waals surface area (Å²) in [5.41, 5.74) is 2.49. The number of benzene rings is 1. The van der Waals surface area contributed by atoms with Gasteiger partial charge in [-0.3, -0.25) is 4.98 Å². The van der Waals surface area contributed by atoms with Gasteiger partial charge in [-0.05, 0) is 29.8 Å². The normalized spacial score (nSPS) is 11.0. The van der Waals surface area contributed by atoms with Crippen LogP contribution in [0.1, 0.15) is 16.7 Å². The molecule has 0 radical (unpaired) electrons. The Balaban J connectivity index is 2.06. The second kappa shape index (κ2) is 4.98. The van der Waals surface area contributed by atoms with Crippen LogP contribution in [-0.2, 0) is 0 Å². The monoisotopic (exact) mass is 264 g/mol. The van der Waals surface area contributed by atoms with Crippen LogP contribution in [0.5, 0.6) is 0 Å². The standard InChI is InChI=1S/C16H9FN2O/c17-15-4-3-12(16-14(15)6-8-20-16)2-1-11-5-7-19-10-13(11)9-18/h1-8,10H/b2-1+. The molecule has 96 valence electrons. The Labute approximate surface area is 114 Å². The molecule has 0 spiro atoms. The molecule has 3 nitrogen and oxygen atoms in total. The van der Waals surface area contributed by atoms with E-state index in [0.717, 1.165) is 11.1 Å². The Morgan fingerprint density at radius 1 is 1.15 bits per heavy atom. The van der Waals surface area contributed by atoms with Crippen molar-refractivity contribution in [1.29, 1.82) is 5.26 Å². The number of pyridine rings is 1. The van der Waals surface area contributed by atoms with E-state index in [1.54, 1.807) is 36.5 Å². The predicted octanol–water partition coefficient (Wildman–Crippen LogP) is 4.01. The number of fused-ring (bicyclic) bond motifs is 1. The maximum absolute atomic E-state index is 13.5. The fraction of sp³-hybridized carbons (Fsp3) is 0. The van der Waals surface area contributed by atoms with Gasteiger partial charge in [0.05, 0.1) is 17.2 Å². The van der Waals surface area contributed by atoms with Crippen LogP contribution >= 0.6 is 0 Å². The number of nitriles is 1.